The summed E-state index contributed by atoms with van der Waals surface area (Å²) in [5.41, 5.74) is 8.37. The SMILES string of the molecule is C[C@H]1c2ccc(-c3cccc(C(N)=O)c3)c(O)c2C(=O)C2C(=O)[C@]3(O)C(=O)C(C(N)=O)C(=O)[C@@H](N(C)C)[C@@H]3[C@@H](O)[C@@H]21. The molecule has 2 aromatic carbocycles. The average Bonchev–Trinajstić information content (AvgIpc) is 2.90. The van der Waals surface area contributed by atoms with E-state index in [1.54, 1.807) is 19.1 Å². The van der Waals surface area contributed by atoms with Gasteiger partial charge in [-0.3, -0.25) is 33.7 Å². The van der Waals surface area contributed by atoms with Gasteiger partial charge in [0.25, 0.3) is 0 Å². The first-order chi connectivity index (χ1) is 19.2. The summed E-state index contributed by atoms with van der Waals surface area (Å²) in [7, 11) is 2.86. The average molecular weight is 564 g/mol. The van der Waals surface area contributed by atoms with E-state index < -0.39 is 88.0 Å². The second kappa shape index (κ2) is 9.40. The van der Waals surface area contributed by atoms with Gasteiger partial charge in [0.1, 0.15) is 5.75 Å². The van der Waals surface area contributed by atoms with Crippen LogP contribution in [0.4, 0.5) is 0 Å². The third kappa shape index (κ3) is 3.71. The van der Waals surface area contributed by atoms with E-state index in [1.807, 2.05) is 0 Å². The van der Waals surface area contributed by atoms with Gasteiger partial charge in [0.15, 0.2) is 34.7 Å². The van der Waals surface area contributed by atoms with E-state index in [4.69, 9.17) is 11.5 Å². The summed E-state index contributed by atoms with van der Waals surface area (Å²) in [6.45, 7) is 1.62. The van der Waals surface area contributed by atoms with Gasteiger partial charge < -0.3 is 26.8 Å². The monoisotopic (exact) mass is 563 g/mol. The standard InChI is InChI=1S/C29H29N3O9/c1-10-13-7-8-14(11-5-4-6-12(9-11)27(30)39)21(33)16(13)22(34)17-15(10)23(35)19-20(32(2)3)24(36)18(28(31)40)26(38)29(19,41)25(17)37/h4-10,15,17-20,23,33,35,41H,1-3H3,(H2,30,39)(H2,31,40)/t10-,15+,17?,18?,19+,20-,23-,29-/m0/s1. The number of nitrogens with zero attached hydrogens (tertiary/aromatic N) is 1. The Balaban J connectivity index is 1.69. The van der Waals surface area contributed by atoms with Gasteiger partial charge in [-0.1, -0.05) is 31.2 Å². The Morgan fingerprint density at radius 3 is 2.24 bits per heavy atom. The number of rotatable bonds is 4. The predicted molar refractivity (Wildman–Crippen MR) is 141 cm³/mol. The van der Waals surface area contributed by atoms with Crippen molar-refractivity contribution in [1.82, 2.24) is 4.90 Å². The number of aromatic hydroxyl groups is 1. The van der Waals surface area contributed by atoms with E-state index in [1.165, 1.54) is 43.3 Å². The van der Waals surface area contributed by atoms with Crippen LogP contribution in [0.2, 0.25) is 0 Å². The Morgan fingerprint density at radius 1 is 1.00 bits per heavy atom. The van der Waals surface area contributed by atoms with E-state index in [2.05, 4.69) is 0 Å². The molecule has 2 unspecified atom stereocenters. The van der Waals surface area contributed by atoms with E-state index in [0.29, 0.717) is 11.1 Å². The maximum Gasteiger partial charge on any atom is 0.248 e. The van der Waals surface area contributed by atoms with Crippen molar-refractivity contribution in [3.05, 3.63) is 53.1 Å². The minimum atomic E-state index is -3.07. The number of hydrogen-bond donors (Lipinski definition) is 5. The summed E-state index contributed by atoms with van der Waals surface area (Å²) in [5, 5.41) is 34.7. The number of ketones is 4. The first-order valence-electron chi connectivity index (χ1n) is 12.9. The number of amides is 2. The molecule has 0 aliphatic heterocycles. The van der Waals surface area contributed by atoms with E-state index in [-0.39, 0.29) is 16.7 Å². The number of primary amides is 2. The number of phenols is 1. The number of phenolic OH excluding ortho intramolecular Hbond substituents is 1. The van der Waals surface area contributed by atoms with Crippen molar-refractivity contribution >= 4 is 34.9 Å². The molecule has 41 heavy (non-hydrogen) atoms. The van der Waals surface area contributed by atoms with Crippen LogP contribution < -0.4 is 11.5 Å². The number of aliphatic hydroxyl groups excluding tert-OH is 1. The third-order valence-corrected chi connectivity index (χ3v) is 8.95. The Kier molecular flexibility index (Phi) is 6.48. The Labute approximate surface area is 233 Å². The summed E-state index contributed by atoms with van der Waals surface area (Å²) >= 11 is 0. The number of likely N-dealkylation sites (N-methyl/N-ethyl adjacent to an activating group) is 1. The highest BCUT2D eigenvalue weighted by atomic mass is 16.3. The van der Waals surface area contributed by atoms with Crippen LogP contribution in [0.5, 0.6) is 5.75 Å². The zero-order chi connectivity index (χ0) is 30.3. The number of carbonyl (C=O) groups excluding carboxylic acids is 6. The third-order valence-electron chi connectivity index (χ3n) is 8.95. The number of Topliss-reactive ketones (excluding diaryl/α,β-unsaturated/α-hetero) is 4. The summed E-state index contributed by atoms with van der Waals surface area (Å²) in [6, 6.07) is 7.67. The van der Waals surface area contributed by atoms with Crippen molar-refractivity contribution in [3.63, 3.8) is 0 Å². The normalized spacial score (nSPS) is 32.8. The largest absolute Gasteiger partial charge is 0.507 e. The second-order valence-electron chi connectivity index (χ2n) is 11.2. The predicted octanol–water partition coefficient (Wildman–Crippen LogP) is -0.835. The maximum atomic E-state index is 14.0. The molecule has 0 radical (unpaired) electrons. The lowest BCUT2D eigenvalue weighted by molar-refractivity contribution is -0.196. The molecule has 12 heteroatoms. The fraction of sp³-hybridized carbons (Fsp3) is 0.379. The van der Waals surface area contributed by atoms with Crippen molar-refractivity contribution < 1.29 is 44.1 Å². The molecule has 0 saturated heterocycles. The van der Waals surface area contributed by atoms with Gasteiger partial charge in [-0.25, -0.2) is 0 Å². The molecule has 0 spiro atoms. The topological polar surface area (TPSA) is 218 Å². The van der Waals surface area contributed by atoms with Gasteiger partial charge in [0.2, 0.25) is 11.8 Å². The minimum absolute atomic E-state index is 0.156. The molecule has 214 valence electrons. The number of carbonyl (C=O) groups is 6. The molecule has 3 aliphatic rings. The van der Waals surface area contributed by atoms with Crippen LogP contribution in [0.25, 0.3) is 11.1 Å². The molecule has 0 heterocycles. The van der Waals surface area contributed by atoms with Crippen LogP contribution in [-0.2, 0) is 19.2 Å². The molecular weight excluding hydrogens is 534 g/mol. The maximum absolute atomic E-state index is 14.0. The Hall–Kier alpha value is -4.26. The van der Waals surface area contributed by atoms with Crippen molar-refractivity contribution in [2.24, 2.45) is 35.1 Å². The number of hydrogen-bond acceptors (Lipinski definition) is 10. The quantitative estimate of drug-likeness (QED) is 0.291. The van der Waals surface area contributed by atoms with Gasteiger partial charge in [-0.15, -0.1) is 0 Å². The van der Waals surface area contributed by atoms with Gasteiger partial charge in [0.05, 0.1) is 29.5 Å². The summed E-state index contributed by atoms with van der Waals surface area (Å²) in [5.74, 6) is -14.7. The van der Waals surface area contributed by atoms with Gasteiger partial charge in [-0.2, -0.15) is 0 Å². The highest BCUT2D eigenvalue weighted by molar-refractivity contribution is 6.32. The Morgan fingerprint density at radius 2 is 1.66 bits per heavy atom. The lowest BCUT2D eigenvalue weighted by Crippen LogP contribution is -2.77. The second-order valence-corrected chi connectivity index (χ2v) is 11.2. The van der Waals surface area contributed by atoms with E-state index in [9.17, 15) is 44.1 Å². The smallest absolute Gasteiger partial charge is 0.248 e. The van der Waals surface area contributed by atoms with E-state index >= 15 is 0 Å². The fourth-order valence-corrected chi connectivity index (χ4v) is 7.06. The Bertz CT molecular complexity index is 1570. The van der Waals surface area contributed by atoms with Crippen LogP contribution in [-0.4, -0.2) is 87.0 Å². The molecule has 8 atom stereocenters. The molecule has 2 aromatic rings. The number of nitrogens with two attached hydrogens (primary N) is 2. The molecule has 0 bridgehead atoms. The van der Waals surface area contributed by atoms with Gasteiger partial charge in [0, 0.05) is 17.0 Å². The summed E-state index contributed by atoms with van der Waals surface area (Å²) in [6.07, 6.45) is -1.71. The van der Waals surface area contributed by atoms with Gasteiger partial charge >= 0.3 is 0 Å². The lowest BCUT2D eigenvalue weighted by Gasteiger charge is -2.56. The molecule has 3 aliphatic carbocycles. The number of aliphatic hydroxyl groups is 2. The molecule has 7 N–H and O–H groups in total. The first-order valence-corrected chi connectivity index (χ1v) is 12.9. The van der Waals surface area contributed by atoms with Crippen LogP contribution in [0, 0.1) is 23.7 Å². The highest BCUT2D eigenvalue weighted by Gasteiger charge is 2.72. The summed E-state index contributed by atoms with van der Waals surface area (Å²) < 4.78 is 0. The molecule has 2 fully saturated rings. The van der Waals surface area contributed by atoms with Crippen molar-refractivity contribution in [1.29, 1.82) is 0 Å². The molecule has 2 amide bonds. The molecule has 0 aromatic heterocycles. The van der Waals surface area contributed by atoms with E-state index in [0.717, 1.165) is 0 Å². The molecule has 12 nitrogen and oxygen atoms in total. The molecule has 2 saturated carbocycles. The zero-order valence-corrected chi connectivity index (χ0v) is 22.4. The minimum Gasteiger partial charge on any atom is -0.507 e. The first kappa shape index (κ1) is 28.3. The number of fused-ring (bicyclic) bond motifs is 3. The fourth-order valence-electron chi connectivity index (χ4n) is 7.06. The van der Waals surface area contributed by atoms with Crippen molar-refractivity contribution in [3.8, 4) is 16.9 Å². The van der Waals surface area contributed by atoms with Crippen molar-refractivity contribution in [2.45, 2.75) is 30.6 Å². The molecule has 5 rings (SSSR count). The van der Waals surface area contributed by atoms with Crippen molar-refractivity contribution in [2.75, 3.05) is 14.1 Å². The zero-order valence-electron chi connectivity index (χ0n) is 22.4. The van der Waals surface area contributed by atoms with Gasteiger partial charge in [-0.05, 0) is 43.3 Å². The number of benzene rings is 2. The molecular formula is C29H29N3O9. The van der Waals surface area contributed by atoms with Crippen LogP contribution in [0.15, 0.2) is 36.4 Å². The lowest BCUT2D eigenvalue weighted by atomic mass is 9.49. The summed E-state index contributed by atoms with van der Waals surface area (Å²) in [4.78, 5) is 79.8. The highest BCUT2D eigenvalue weighted by Crippen LogP contribution is 2.55. The van der Waals surface area contributed by atoms with Crippen LogP contribution in [0.1, 0.15) is 39.1 Å². The van der Waals surface area contributed by atoms with Crippen LogP contribution >= 0.6 is 0 Å². The van der Waals surface area contributed by atoms with Crippen LogP contribution in [0.3, 0.4) is 0 Å².